The second-order valence-electron chi connectivity index (χ2n) is 4.24. The van der Waals surface area contributed by atoms with Gasteiger partial charge >= 0.3 is 0 Å². The van der Waals surface area contributed by atoms with E-state index in [1.165, 1.54) is 38.5 Å². The van der Waals surface area contributed by atoms with Crippen molar-refractivity contribution >= 4 is 0 Å². The van der Waals surface area contributed by atoms with Crippen LogP contribution in [0.3, 0.4) is 0 Å². The Morgan fingerprint density at radius 3 is 2.36 bits per heavy atom. The first-order valence-corrected chi connectivity index (χ1v) is 4.95. The maximum Gasteiger partial charge on any atom is 0.0154 e. The predicted molar refractivity (Wildman–Crippen MR) is 49.5 cm³/mol. The molecule has 0 aliphatic heterocycles. The second kappa shape index (κ2) is 3.57. The molecule has 66 valence electrons. The Kier molecular flexibility index (Phi) is 2.94. The van der Waals surface area contributed by atoms with Gasteiger partial charge < -0.3 is 5.73 Å². The number of hydrogen-bond acceptors (Lipinski definition) is 1. The van der Waals surface area contributed by atoms with Crippen molar-refractivity contribution < 1.29 is 0 Å². The van der Waals surface area contributed by atoms with Gasteiger partial charge in [0.05, 0.1) is 0 Å². The van der Waals surface area contributed by atoms with Gasteiger partial charge in [0.15, 0.2) is 0 Å². The monoisotopic (exact) mass is 155 g/mol. The molecule has 1 atom stereocenters. The molecule has 1 unspecified atom stereocenters. The molecule has 0 amide bonds. The normalized spacial score (nSPS) is 25.4. The Labute approximate surface area is 70.4 Å². The first-order valence-electron chi connectivity index (χ1n) is 4.95. The molecular weight excluding hydrogens is 134 g/mol. The topological polar surface area (TPSA) is 26.0 Å². The van der Waals surface area contributed by atoms with Crippen molar-refractivity contribution in [3.8, 4) is 0 Å². The van der Waals surface area contributed by atoms with Gasteiger partial charge in [-0.25, -0.2) is 0 Å². The van der Waals surface area contributed by atoms with Crippen molar-refractivity contribution in [2.75, 3.05) is 0 Å². The summed E-state index contributed by atoms with van der Waals surface area (Å²) in [6.45, 7) is 4.45. The van der Waals surface area contributed by atoms with E-state index in [0.29, 0.717) is 0 Å². The van der Waals surface area contributed by atoms with Crippen LogP contribution in [0.4, 0.5) is 0 Å². The van der Waals surface area contributed by atoms with E-state index in [-0.39, 0.29) is 5.54 Å². The summed E-state index contributed by atoms with van der Waals surface area (Å²) in [7, 11) is 0. The zero-order chi connectivity index (χ0) is 8.32. The van der Waals surface area contributed by atoms with Crippen LogP contribution in [0.1, 0.15) is 52.4 Å². The van der Waals surface area contributed by atoms with Gasteiger partial charge in [0, 0.05) is 5.54 Å². The third-order valence-electron chi connectivity index (χ3n) is 3.08. The first kappa shape index (κ1) is 9.05. The van der Waals surface area contributed by atoms with Crippen LogP contribution in [0.15, 0.2) is 0 Å². The van der Waals surface area contributed by atoms with E-state index in [1.54, 1.807) is 0 Å². The molecule has 0 spiro atoms. The Morgan fingerprint density at radius 2 is 1.91 bits per heavy atom. The van der Waals surface area contributed by atoms with E-state index in [9.17, 15) is 0 Å². The molecular formula is C10H21N. The van der Waals surface area contributed by atoms with Crippen molar-refractivity contribution in [1.82, 2.24) is 0 Å². The third-order valence-corrected chi connectivity index (χ3v) is 3.08. The highest BCUT2D eigenvalue weighted by atomic mass is 14.7. The fourth-order valence-electron chi connectivity index (χ4n) is 2.33. The lowest BCUT2D eigenvalue weighted by atomic mass is 9.82. The number of rotatable bonds is 3. The molecule has 1 aliphatic carbocycles. The van der Waals surface area contributed by atoms with Gasteiger partial charge in [0.25, 0.3) is 0 Å². The SMILES string of the molecule is CCCC(C)(N)C1CCCC1. The number of nitrogens with two attached hydrogens (primary N) is 1. The van der Waals surface area contributed by atoms with Crippen LogP contribution in [0.25, 0.3) is 0 Å². The van der Waals surface area contributed by atoms with Gasteiger partial charge in [-0.2, -0.15) is 0 Å². The summed E-state index contributed by atoms with van der Waals surface area (Å²) < 4.78 is 0. The largest absolute Gasteiger partial charge is 0.325 e. The molecule has 1 rings (SSSR count). The van der Waals surface area contributed by atoms with E-state index >= 15 is 0 Å². The molecule has 0 saturated heterocycles. The minimum Gasteiger partial charge on any atom is -0.325 e. The summed E-state index contributed by atoms with van der Waals surface area (Å²) in [5.41, 5.74) is 6.36. The standard InChI is InChI=1S/C10H21N/c1-3-8-10(2,11)9-6-4-5-7-9/h9H,3-8,11H2,1-2H3. The maximum absolute atomic E-state index is 6.23. The van der Waals surface area contributed by atoms with E-state index in [2.05, 4.69) is 13.8 Å². The van der Waals surface area contributed by atoms with Crippen LogP contribution in [0.5, 0.6) is 0 Å². The fourth-order valence-corrected chi connectivity index (χ4v) is 2.33. The smallest absolute Gasteiger partial charge is 0.0154 e. The van der Waals surface area contributed by atoms with Crippen molar-refractivity contribution in [2.24, 2.45) is 11.7 Å². The van der Waals surface area contributed by atoms with Gasteiger partial charge in [-0.3, -0.25) is 0 Å². The van der Waals surface area contributed by atoms with Crippen molar-refractivity contribution in [2.45, 2.75) is 57.9 Å². The molecule has 0 bridgehead atoms. The average molecular weight is 155 g/mol. The fraction of sp³-hybridized carbons (Fsp3) is 1.00. The maximum atomic E-state index is 6.23. The van der Waals surface area contributed by atoms with Crippen molar-refractivity contribution in [1.29, 1.82) is 0 Å². The quantitative estimate of drug-likeness (QED) is 0.666. The zero-order valence-electron chi connectivity index (χ0n) is 7.90. The van der Waals surface area contributed by atoms with Crippen molar-refractivity contribution in [3.63, 3.8) is 0 Å². The first-order chi connectivity index (χ1) is 5.17. The van der Waals surface area contributed by atoms with Crippen LogP contribution < -0.4 is 5.73 Å². The summed E-state index contributed by atoms with van der Waals surface area (Å²) >= 11 is 0. The molecule has 2 N–H and O–H groups in total. The minimum atomic E-state index is 0.130. The average Bonchev–Trinajstić information content (AvgIpc) is 2.37. The van der Waals surface area contributed by atoms with Gasteiger partial charge in [-0.05, 0) is 32.1 Å². The van der Waals surface area contributed by atoms with Crippen LogP contribution in [-0.4, -0.2) is 5.54 Å². The second-order valence-corrected chi connectivity index (χ2v) is 4.24. The highest BCUT2D eigenvalue weighted by molar-refractivity contribution is 4.89. The lowest BCUT2D eigenvalue weighted by molar-refractivity contribution is 0.279. The Morgan fingerprint density at radius 1 is 1.36 bits per heavy atom. The van der Waals surface area contributed by atoms with Crippen molar-refractivity contribution in [3.05, 3.63) is 0 Å². The highest BCUT2D eigenvalue weighted by Crippen LogP contribution is 2.34. The zero-order valence-corrected chi connectivity index (χ0v) is 7.90. The summed E-state index contributed by atoms with van der Waals surface area (Å²) in [4.78, 5) is 0. The van der Waals surface area contributed by atoms with Crippen LogP contribution in [-0.2, 0) is 0 Å². The van der Waals surface area contributed by atoms with Gasteiger partial charge in [0.1, 0.15) is 0 Å². The molecule has 1 heteroatoms. The summed E-state index contributed by atoms with van der Waals surface area (Å²) in [5, 5.41) is 0. The van der Waals surface area contributed by atoms with Gasteiger partial charge in [-0.1, -0.05) is 26.2 Å². The minimum absolute atomic E-state index is 0.130. The predicted octanol–water partition coefficient (Wildman–Crippen LogP) is 2.69. The lowest BCUT2D eigenvalue weighted by Gasteiger charge is -2.31. The molecule has 1 saturated carbocycles. The molecule has 0 radical (unpaired) electrons. The molecule has 1 fully saturated rings. The summed E-state index contributed by atoms with van der Waals surface area (Å²) in [6, 6.07) is 0. The van der Waals surface area contributed by atoms with E-state index < -0.39 is 0 Å². The lowest BCUT2D eigenvalue weighted by Crippen LogP contribution is -2.42. The molecule has 0 aromatic heterocycles. The Hall–Kier alpha value is -0.0400. The van der Waals surface area contributed by atoms with Gasteiger partial charge in [-0.15, -0.1) is 0 Å². The third kappa shape index (κ3) is 2.19. The number of hydrogen-bond donors (Lipinski definition) is 1. The molecule has 0 aromatic rings. The molecule has 1 nitrogen and oxygen atoms in total. The molecule has 0 aromatic carbocycles. The summed E-state index contributed by atoms with van der Waals surface area (Å²) in [5.74, 6) is 0.808. The Bertz CT molecular complexity index is 112. The van der Waals surface area contributed by atoms with Crippen LogP contribution >= 0.6 is 0 Å². The van der Waals surface area contributed by atoms with Crippen LogP contribution in [0.2, 0.25) is 0 Å². The molecule has 0 heterocycles. The molecule has 1 aliphatic rings. The molecule has 11 heavy (non-hydrogen) atoms. The van der Waals surface area contributed by atoms with Gasteiger partial charge in [0.2, 0.25) is 0 Å². The Balaban J connectivity index is 2.41. The van der Waals surface area contributed by atoms with E-state index in [4.69, 9.17) is 5.73 Å². The highest BCUT2D eigenvalue weighted by Gasteiger charge is 2.31. The van der Waals surface area contributed by atoms with E-state index in [0.717, 1.165) is 5.92 Å². The van der Waals surface area contributed by atoms with E-state index in [1.807, 2.05) is 0 Å². The van der Waals surface area contributed by atoms with Crippen LogP contribution in [0, 0.1) is 5.92 Å². The summed E-state index contributed by atoms with van der Waals surface area (Å²) in [6.07, 6.45) is 7.96.